The molecule has 0 aliphatic carbocycles. The minimum atomic E-state index is -1.85. The fourth-order valence-electron chi connectivity index (χ4n) is 5.44. The molecule has 6 amide bonds. The van der Waals surface area contributed by atoms with E-state index in [-0.39, 0.29) is 29.7 Å². The molecule has 4 atom stereocenters. The number of rotatable bonds is 30. The molecule has 27 nitrogen and oxygen atoms in total. The van der Waals surface area contributed by atoms with E-state index in [9.17, 15) is 82.4 Å². The van der Waals surface area contributed by atoms with Gasteiger partial charge in [0.25, 0.3) is 11.8 Å². The van der Waals surface area contributed by atoms with E-state index in [1.54, 1.807) is 0 Å². The first-order chi connectivity index (χ1) is 30.6. The summed E-state index contributed by atoms with van der Waals surface area (Å²) in [5, 5.41) is 75.8. The first-order valence-corrected chi connectivity index (χ1v) is 19.3. The predicted molar refractivity (Wildman–Crippen MR) is 211 cm³/mol. The topological polar surface area (TPSA) is 429 Å². The van der Waals surface area contributed by atoms with Crippen LogP contribution in [0.1, 0.15) is 84.2 Å². The smallest absolute Gasteiger partial charge is 0.326 e. The number of aryl methyl sites for hydroxylation is 1. The van der Waals surface area contributed by atoms with Gasteiger partial charge in [-0.15, -0.1) is 5.10 Å². The van der Waals surface area contributed by atoms with Crippen LogP contribution in [0.25, 0.3) is 5.69 Å². The van der Waals surface area contributed by atoms with Gasteiger partial charge in [-0.05, 0) is 43.9 Å². The molecular formula is C37H46FN9O18. The van der Waals surface area contributed by atoms with Crippen LogP contribution < -0.4 is 31.9 Å². The zero-order valence-corrected chi connectivity index (χ0v) is 34.1. The molecule has 2 rings (SSSR count). The number of nitrogens with zero attached hydrogens (tertiary/aromatic N) is 3. The molecule has 2 unspecified atom stereocenters. The van der Waals surface area contributed by atoms with Crippen molar-refractivity contribution in [1.82, 2.24) is 46.9 Å². The fourth-order valence-corrected chi connectivity index (χ4v) is 5.44. The highest BCUT2D eigenvalue weighted by Crippen LogP contribution is 2.16. The van der Waals surface area contributed by atoms with Crippen molar-refractivity contribution in [3.05, 3.63) is 41.2 Å². The van der Waals surface area contributed by atoms with Crippen LogP contribution in [-0.4, -0.2) is 161 Å². The lowest BCUT2D eigenvalue weighted by Gasteiger charge is -2.17. The second kappa shape index (κ2) is 26.4. The molecular weight excluding hydrogens is 877 g/mol. The maximum atomic E-state index is 13.3. The molecule has 12 N–H and O–H groups in total. The Bertz CT molecular complexity index is 2010. The molecule has 1 aromatic heterocycles. The minimum absolute atomic E-state index is 0.0867. The van der Waals surface area contributed by atoms with Gasteiger partial charge < -0.3 is 62.5 Å². The standard InChI is InChI=1S/C37H46FN9O18/c38-9-1-2-20-17-47(46-45-20)21-13-18(32(56)39-10-7-26(48)43-24(36(62)63)15-28(50)41-22(34(58)59)3-5-30(52)53)12-19(14-21)33(57)40-11-8-27(49)44-25(37(64)65)16-29(51)42-23(35(60)61)4-6-31(54)55/h12-14,17,22-25H,1-11,15-16H2,(H,39,56)(H,40,57)(H,41,50)(H,42,51)(H,43,48)(H,44,49)(H,52,53)(H,54,55)(H,58,59)(H,60,61)(H,62,63)(H,64,65)/t22?,23?,24-,25-/m1/s1. The molecule has 0 aliphatic rings. The quantitative estimate of drug-likeness (QED) is 0.0376. The number of alkyl halides is 1. The highest BCUT2D eigenvalue weighted by molar-refractivity contribution is 6.01. The number of hydrogen-bond acceptors (Lipinski definition) is 14. The average molecular weight is 924 g/mol. The Hall–Kier alpha value is -8.07. The number of nitrogens with one attached hydrogen (secondary N) is 6. The molecule has 1 heterocycles. The minimum Gasteiger partial charge on any atom is -0.481 e. The number of hydrogen-bond donors (Lipinski definition) is 12. The van der Waals surface area contributed by atoms with E-state index in [1.165, 1.54) is 23.0 Å². The Morgan fingerprint density at radius 3 is 1.32 bits per heavy atom. The second-order valence-corrected chi connectivity index (χ2v) is 13.8. The monoisotopic (exact) mass is 923 g/mol. The number of carboxylic acid groups (broad SMARTS) is 6. The lowest BCUT2D eigenvalue weighted by molar-refractivity contribution is -0.145. The lowest BCUT2D eigenvalue weighted by Crippen LogP contribution is -2.47. The van der Waals surface area contributed by atoms with E-state index in [0.717, 1.165) is 6.07 Å². The van der Waals surface area contributed by atoms with Crippen LogP contribution in [0.2, 0.25) is 0 Å². The summed E-state index contributed by atoms with van der Waals surface area (Å²) in [6, 6.07) is -3.37. The molecule has 28 heteroatoms. The first-order valence-electron chi connectivity index (χ1n) is 19.3. The van der Waals surface area contributed by atoms with Gasteiger partial charge in [0.15, 0.2) is 0 Å². The van der Waals surface area contributed by atoms with Crippen molar-refractivity contribution in [3.8, 4) is 5.69 Å². The first kappa shape index (κ1) is 53.1. The van der Waals surface area contributed by atoms with Crippen LogP contribution in [-0.2, 0) is 54.4 Å². The third-order valence-corrected chi connectivity index (χ3v) is 8.70. The van der Waals surface area contributed by atoms with Gasteiger partial charge in [-0.3, -0.25) is 42.7 Å². The molecule has 0 fully saturated rings. The maximum Gasteiger partial charge on any atom is 0.326 e. The molecule has 0 saturated carbocycles. The van der Waals surface area contributed by atoms with E-state index in [4.69, 9.17) is 10.2 Å². The Morgan fingerprint density at radius 2 is 0.954 bits per heavy atom. The molecule has 2 aromatic rings. The molecule has 0 spiro atoms. The fraction of sp³-hybridized carbons (Fsp3) is 0.459. The summed E-state index contributed by atoms with van der Waals surface area (Å²) in [4.78, 5) is 144. The summed E-state index contributed by atoms with van der Waals surface area (Å²) in [6.07, 6.45) is -3.47. The summed E-state index contributed by atoms with van der Waals surface area (Å²) >= 11 is 0. The van der Waals surface area contributed by atoms with Crippen LogP contribution in [0.15, 0.2) is 24.4 Å². The van der Waals surface area contributed by atoms with Crippen molar-refractivity contribution in [3.63, 3.8) is 0 Å². The van der Waals surface area contributed by atoms with Gasteiger partial charge >= 0.3 is 35.8 Å². The molecule has 0 saturated heterocycles. The van der Waals surface area contributed by atoms with Crippen molar-refractivity contribution in [1.29, 1.82) is 0 Å². The Balaban J connectivity index is 2.12. The van der Waals surface area contributed by atoms with Crippen LogP contribution >= 0.6 is 0 Å². The van der Waals surface area contributed by atoms with E-state index >= 15 is 0 Å². The van der Waals surface area contributed by atoms with Crippen LogP contribution in [0.3, 0.4) is 0 Å². The number of amides is 6. The molecule has 65 heavy (non-hydrogen) atoms. The van der Waals surface area contributed by atoms with Crippen molar-refractivity contribution in [2.24, 2.45) is 0 Å². The van der Waals surface area contributed by atoms with Crippen molar-refractivity contribution >= 4 is 71.3 Å². The van der Waals surface area contributed by atoms with Crippen molar-refractivity contribution in [2.75, 3.05) is 19.8 Å². The third-order valence-electron chi connectivity index (χ3n) is 8.70. The molecule has 1 aromatic carbocycles. The Morgan fingerprint density at radius 1 is 0.554 bits per heavy atom. The van der Waals surface area contributed by atoms with E-state index in [0.29, 0.717) is 5.69 Å². The highest BCUT2D eigenvalue weighted by Gasteiger charge is 2.29. The SMILES string of the molecule is O=C(O)CCC(NC(=O)C[C@@H](NC(=O)CCNC(=O)c1cc(C(=O)NCCC(=O)N[C@H](CC(=O)NC(CCC(=O)O)C(=O)O)C(=O)O)cc(-n2cc(CCCF)nn2)c1)C(=O)O)C(=O)O. The van der Waals surface area contributed by atoms with Gasteiger partial charge in [-0.25, -0.2) is 23.9 Å². The number of halogens is 1. The van der Waals surface area contributed by atoms with Gasteiger partial charge in [-0.1, -0.05) is 5.21 Å². The highest BCUT2D eigenvalue weighted by atomic mass is 19.1. The van der Waals surface area contributed by atoms with Gasteiger partial charge in [0.05, 0.1) is 37.1 Å². The number of aliphatic carboxylic acids is 6. The average Bonchev–Trinajstić information content (AvgIpc) is 3.71. The zero-order valence-electron chi connectivity index (χ0n) is 34.1. The third kappa shape index (κ3) is 19.7. The molecule has 0 aliphatic heterocycles. The summed E-state index contributed by atoms with van der Waals surface area (Å²) < 4.78 is 13.9. The maximum absolute atomic E-state index is 13.3. The van der Waals surface area contributed by atoms with Crippen LogP contribution in [0.5, 0.6) is 0 Å². The van der Waals surface area contributed by atoms with Crippen molar-refractivity contribution < 1.29 is 92.6 Å². The number of aromatic nitrogens is 3. The number of carbonyl (C=O) groups excluding carboxylic acids is 6. The van der Waals surface area contributed by atoms with Crippen LogP contribution in [0.4, 0.5) is 4.39 Å². The number of benzene rings is 1. The number of carboxylic acids is 6. The predicted octanol–water partition coefficient (Wildman–Crippen LogP) is -2.80. The van der Waals surface area contributed by atoms with E-state index < -0.39 is 167 Å². The van der Waals surface area contributed by atoms with E-state index in [1.807, 2.05) is 10.6 Å². The summed E-state index contributed by atoms with van der Waals surface area (Å²) in [5.41, 5.74) is 0.0507. The van der Waals surface area contributed by atoms with Gasteiger partial charge in [0.1, 0.15) is 24.2 Å². The molecule has 354 valence electrons. The van der Waals surface area contributed by atoms with E-state index in [2.05, 4.69) is 31.6 Å². The lowest BCUT2D eigenvalue weighted by atomic mass is 10.1. The largest absolute Gasteiger partial charge is 0.481 e. The zero-order chi connectivity index (χ0) is 48.8. The Kier molecular flexibility index (Phi) is 21.6. The van der Waals surface area contributed by atoms with Crippen molar-refractivity contribution in [2.45, 2.75) is 88.4 Å². The number of carbonyl (C=O) groups is 12. The summed E-state index contributed by atoms with van der Waals surface area (Å²) in [6.45, 7) is -1.50. The van der Waals surface area contributed by atoms with Gasteiger partial charge in [0, 0.05) is 49.9 Å². The second-order valence-electron chi connectivity index (χ2n) is 13.8. The summed E-state index contributed by atoms with van der Waals surface area (Å²) in [7, 11) is 0. The molecule has 0 radical (unpaired) electrons. The van der Waals surface area contributed by atoms with Gasteiger partial charge in [-0.2, -0.15) is 0 Å². The molecule has 0 bridgehead atoms. The normalized spacial score (nSPS) is 12.5. The summed E-state index contributed by atoms with van der Waals surface area (Å²) in [5.74, 6) is -15.1. The van der Waals surface area contributed by atoms with Crippen LogP contribution in [0, 0.1) is 0 Å². The van der Waals surface area contributed by atoms with Gasteiger partial charge in [0.2, 0.25) is 23.6 Å². The Labute approximate surface area is 365 Å².